The molecule has 2 rings (SSSR count). The largest absolute Gasteiger partial charge is 0.487 e. The molecular formula is C16H21ClN4O2. The van der Waals surface area contributed by atoms with Gasteiger partial charge in [-0.25, -0.2) is 9.78 Å². The first kappa shape index (κ1) is 17.1. The lowest BCUT2D eigenvalue weighted by Crippen LogP contribution is -2.30. The Labute approximate surface area is 140 Å². The number of ether oxygens (including phenoxy) is 1. The molecule has 0 saturated carbocycles. The number of carbonyl (C=O) groups excluding carboxylic acids is 1. The summed E-state index contributed by atoms with van der Waals surface area (Å²) in [6.07, 6.45) is 6.15. The zero-order chi connectivity index (χ0) is 16.7. The first-order chi connectivity index (χ1) is 11.1. The molecular weight excluding hydrogens is 316 g/mol. The number of urea groups is 1. The van der Waals surface area contributed by atoms with Crippen molar-refractivity contribution < 1.29 is 9.53 Å². The minimum absolute atomic E-state index is 0.0336. The number of hydrogen-bond acceptors (Lipinski definition) is 3. The second-order valence-electron chi connectivity index (χ2n) is 5.32. The third kappa shape index (κ3) is 5.49. The van der Waals surface area contributed by atoms with Crippen LogP contribution in [0.1, 0.15) is 20.3 Å². The van der Waals surface area contributed by atoms with Crippen molar-refractivity contribution in [2.45, 2.75) is 32.9 Å². The van der Waals surface area contributed by atoms with Gasteiger partial charge < -0.3 is 19.9 Å². The highest BCUT2D eigenvalue weighted by molar-refractivity contribution is 6.32. The zero-order valence-corrected chi connectivity index (χ0v) is 14.0. The first-order valence-corrected chi connectivity index (χ1v) is 7.90. The number of hydrogen-bond donors (Lipinski definition) is 2. The Morgan fingerprint density at radius 1 is 1.43 bits per heavy atom. The van der Waals surface area contributed by atoms with Crippen molar-refractivity contribution in [3.63, 3.8) is 0 Å². The molecule has 2 aromatic rings. The summed E-state index contributed by atoms with van der Waals surface area (Å²) in [7, 11) is 0. The van der Waals surface area contributed by atoms with Gasteiger partial charge in [0.05, 0.1) is 23.1 Å². The number of anilines is 1. The van der Waals surface area contributed by atoms with E-state index in [9.17, 15) is 4.79 Å². The van der Waals surface area contributed by atoms with Crippen molar-refractivity contribution in [3.05, 3.63) is 41.9 Å². The van der Waals surface area contributed by atoms with E-state index in [-0.39, 0.29) is 12.1 Å². The molecule has 1 aromatic carbocycles. The Morgan fingerprint density at radius 2 is 2.26 bits per heavy atom. The van der Waals surface area contributed by atoms with Crippen molar-refractivity contribution in [2.24, 2.45) is 0 Å². The summed E-state index contributed by atoms with van der Waals surface area (Å²) in [6.45, 7) is 5.18. The molecule has 2 N–H and O–H groups in total. The van der Waals surface area contributed by atoms with Gasteiger partial charge in [-0.1, -0.05) is 17.7 Å². The van der Waals surface area contributed by atoms with Crippen LogP contribution in [-0.4, -0.2) is 28.2 Å². The summed E-state index contributed by atoms with van der Waals surface area (Å²) in [5.74, 6) is 0.484. The number of rotatable bonds is 7. The molecule has 124 valence electrons. The maximum absolute atomic E-state index is 12.0. The molecule has 0 radical (unpaired) electrons. The number of benzene rings is 1. The molecule has 0 aliphatic rings. The Balaban J connectivity index is 1.83. The van der Waals surface area contributed by atoms with E-state index >= 15 is 0 Å². The molecule has 2 amide bonds. The van der Waals surface area contributed by atoms with Crippen molar-refractivity contribution in [2.75, 3.05) is 11.9 Å². The molecule has 1 heterocycles. The highest BCUT2D eigenvalue weighted by Gasteiger charge is 2.12. The Kier molecular flexibility index (Phi) is 6.29. The van der Waals surface area contributed by atoms with Gasteiger partial charge in [0, 0.05) is 25.5 Å². The van der Waals surface area contributed by atoms with Crippen LogP contribution in [0.25, 0.3) is 0 Å². The van der Waals surface area contributed by atoms with E-state index in [1.165, 1.54) is 0 Å². The minimum Gasteiger partial charge on any atom is -0.487 e. The van der Waals surface area contributed by atoms with E-state index in [4.69, 9.17) is 16.3 Å². The number of nitrogens with zero attached hydrogens (tertiary/aromatic N) is 2. The number of aryl methyl sites for hydroxylation is 1. The average molecular weight is 337 g/mol. The van der Waals surface area contributed by atoms with Gasteiger partial charge in [-0.05, 0) is 32.4 Å². The molecule has 1 aromatic heterocycles. The number of aromatic nitrogens is 2. The number of halogens is 1. The summed E-state index contributed by atoms with van der Waals surface area (Å²) in [5.41, 5.74) is 0.554. The number of amides is 2. The summed E-state index contributed by atoms with van der Waals surface area (Å²) >= 11 is 6.14. The molecule has 6 nitrogen and oxygen atoms in total. The molecule has 0 unspecified atom stereocenters. The number of nitrogens with one attached hydrogen (secondary N) is 2. The molecule has 0 aliphatic heterocycles. The smallest absolute Gasteiger partial charge is 0.319 e. The van der Waals surface area contributed by atoms with E-state index < -0.39 is 0 Å². The van der Waals surface area contributed by atoms with Crippen LogP contribution < -0.4 is 15.4 Å². The van der Waals surface area contributed by atoms with E-state index in [0.29, 0.717) is 23.0 Å². The van der Waals surface area contributed by atoms with Gasteiger partial charge in [-0.15, -0.1) is 0 Å². The van der Waals surface area contributed by atoms with Gasteiger partial charge in [-0.3, -0.25) is 0 Å². The maximum atomic E-state index is 12.0. The van der Waals surface area contributed by atoms with Crippen molar-refractivity contribution in [1.82, 2.24) is 14.9 Å². The SMILES string of the molecule is CC(C)Oc1c(Cl)cccc1NC(=O)NCCCn1ccnc1. The second-order valence-corrected chi connectivity index (χ2v) is 5.73. The number of carbonyl (C=O) groups is 1. The average Bonchev–Trinajstić information content (AvgIpc) is 3.00. The highest BCUT2D eigenvalue weighted by Crippen LogP contribution is 2.33. The number of imidazole rings is 1. The predicted octanol–water partition coefficient (Wildman–Crippen LogP) is 3.54. The van der Waals surface area contributed by atoms with Crippen LogP contribution in [0.2, 0.25) is 5.02 Å². The lowest BCUT2D eigenvalue weighted by atomic mass is 10.3. The van der Waals surface area contributed by atoms with Crippen LogP contribution in [-0.2, 0) is 6.54 Å². The minimum atomic E-state index is -0.286. The van der Waals surface area contributed by atoms with Gasteiger partial charge in [0.15, 0.2) is 5.75 Å². The zero-order valence-electron chi connectivity index (χ0n) is 13.3. The summed E-state index contributed by atoms with van der Waals surface area (Å²) in [5, 5.41) is 6.05. The van der Waals surface area contributed by atoms with Crippen LogP contribution in [0, 0.1) is 0 Å². The first-order valence-electron chi connectivity index (χ1n) is 7.52. The summed E-state index contributed by atoms with van der Waals surface area (Å²) < 4.78 is 7.63. The van der Waals surface area contributed by atoms with Crippen molar-refractivity contribution >= 4 is 23.3 Å². The second kappa shape index (κ2) is 8.43. The van der Waals surface area contributed by atoms with Crippen LogP contribution in [0.5, 0.6) is 5.75 Å². The van der Waals surface area contributed by atoms with Gasteiger partial charge in [0.25, 0.3) is 0 Å². The van der Waals surface area contributed by atoms with Gasteiger partial charge in [-0.2, -0.15) is 0 Å². The number of para-hydroxylation sites is 1. The fourth-order valence-electron chi connectivity index (χ4n) is 2.01. The molecule has 0 fully saturated rings. The van der Waals surface area contributed by atoms with E-state index in [0.717, 1.165) is 13.0 Å². The van der Waals surface area contributed by atoms with Gasteiger partial charge >= 0.3 is 6.03 Å². The van der Waals surface area contributed by atoms with Crippen molar-refractivity contribution in [1.29, 1.82) is 0 Å². The van der Waals surface area contributed by atoms with Gasteiger partial charge in [0.1, 0.15) is 0 Å². The Bertz CT molecular complexity index is 629. The molecule has 0 atom stereocenters. The van der Waals surface area contributed by atoms with E-state index in [1.54, 1.807) is 30.7 Å². The molecule has 23 heavy (non-hydrogen) atoms. The lowest BCUT2D eigenvalue weighted by molar-refractivity contribution is 0.242. The van der Waals surface area contributed by atoms with Crippen molar-refractivity contribution in [3.8, 4) is 5.75 Å². The molecule has 7 heteroatoms. The topological polar surface area (TPSA) is 68.2 Å². The maximum Gasteiger partial charge on any atom is 0.319 e. The van der Waals surface area contributed by atoms with Crippen LogP contribution >= 0.6 is 11.6 Å². The van der Waals surface area contributed by atoms with E-state index in [2.05, 4.69) is 15.6 Å². The quantitative estimate of drug-likeness (QED) is 0.760. The highest BCUT2D eigenvalue weighted by atomic mass is 35.5. The standard InChI is InChI=1S/C16H21ClN4O2/c1-12(2)23-15-13(17)5-3-6-14(15)20-16(22)19-7-4-9-21-10-8-18-11-21/h3,5-6,8,10-12H,4,7,9H2,1-2H3,(H2,19,20,22). The fraction of sp³-hybridized carbons (Fsp3) is 0.375. The molecule has 0 saturated heterocycles. The third-order valence-electron chi connectivity index (χ3n) is 3.01. The van der Waals surface area contributed by atoms with Crippen LogP contribution in [0.15, 0.2) is 36.9 Å². The monoisotopic (exact) mass is 336 g/mol. The van der Waals surface area contributed by atoms with Gasteiger partial charge in [0.2, 0.25) is 0 Å². The fourth-order valence-corrected chi connectivity index (χ4v) is 2.23. The molecule has 0 bridgehead atoms. The summed E-state index contributed by atoms with van der Waals surface area (Å²) in [6, 6.07) is 4.97. The molecule has 0 spiro atoms. The Hall–Kier alpha value is -2.21. The normalized spacial score (nSPS) is 10.6. The Morgan fingerprint density at radius 3 is 2.96 bits per heavy atom. The lowest BCUT2D eigenvalue weighted by Gasteiger charge is -2.16. The van der Waals surface area contributed by atoms with E-state index in [1.807, 2.05) is 24.6 Å². The third-order valence-corrected chi connectivity index (χ3v) is 3.30. The molecule has 0 aliphatic carbocycles. The predicted molar refractivity (Wildman–Crippen MR) is 91.1 cm³/mol. The van der Waals surface area contributed by atoms with Crippen LogP contribution in [0.3, 0.4) is 0 Å². The summed E-state index contributed by atoms with van der Waals surface area (Å²) in [4.78, 5) is 16.0. The van der Waals surface area contributed by atoms with Crippen LogP contribution in [0.4, 0.5) is 10.5 Å².